The molecule has 1 aromatic carbocycles. The van der Waals surface area contributed by atoms with E-state index in [-0.39, 0.29) is 6.04 Å². The molecule has 0 fully saturated rings. The molecule has 0 amide bonds. The van der Waals surface area contributed by atoms with Gasteiger partial charge in [-0.1, -0.05) is 17.7 Å². The van der Waals surface area contributed by atoms with Crippen molar-refractivity contribution in [2.45, 2.75) is 25.8 Å². The fourth-order valence-corrected chi connectivity index (χ4v) is 2.32. The van der Waals surface area contributed by atoms with Crippen LogP contribution in [0.4, 0.5) is 0 Å². The second-order valence-corrected chi connectivity index (χ2v) is 4.70. The highest BCUT2D eigenvalue weighted by Gasteiger charge is 2.15. The molecule has 102 valence electrons. The molecule has 1 atom stereocenters. The molecule has 0 aliphatic carbocycles. The van der Waals surface area contributed by atoms with Gasteiger partial charge in [-0.05, 0) is 38.6 Å². The van der Waals surface area contributed by atoms with Crippen molar-refractivity contribution >= 4 is 0 Å². The van der Waals surface area contributed by atoms with E-state index in [0.717, 1.165) is 24.4 Å². The number of rotatable bonds is 6. The number of benzene rings is 1. The smallest absolute Gasteiger partial charge is 0.123 e. The molecule has 0 radical (unpaired) electrons. The molecule has 0 spiro atoms. The summed E-state index contributed by atoms with van der Waals surface area (Å²) < 4.78 is 10.8. The summed E-state index contributed by atoms with van der Waals surface area (Å²) in [7, 11) is 3.70. The Bertz CT molecular complexity index is 505. The summed E-state index contributed by atoms with van der Waals surface area (Å²) in [6, 6.07) is 10.5. The predicted octanol–water partition coefficient (Wildman–Crippen LogP) is 3.49. The molecule has 0 bridgehead atoms. The summed E-state index contributed by atoms with van der Waals surface area (Å²) in [5.74, 6) is 1.95. The van der Waals surface area contributed by atoms with Gasteiger partial charge in [-0.25, -0.2) is 0 Å². The lowest BCUT2D eigenvalue weighted by Gasteiger charge is -2.19. The second kappa shape index (κ2) is 6.43. The summed E-state index contributed by atoms with van der Waals surface area (Å²) >= 11 is 0. The summed E-state index contributed by atoms with van der Waals surface area (Å²) in [4.78, 5) is 0. The highest BCUT2D eigenvalue weighted by atomic mass is 16.5. The monoisotopic (exact) mass is 259 g/mol. The third-order valence-corrected chi connectivity index (χ3v) is 3.37. The standard InChI is InChI=1S/C16H21NO2/c1-12-6-9-16(18-3)14(11-12)15(17-2)8-7-13-5-4-10-19-13/h4-6,9-11,15,17H,7-8H2,1-3H3. The molecule has 0 saturated carbocycles. The lowest BCUT2D eigenvalue weighted by molar-refractivity contribution is 0.396. The first-order valence-electron chi connectivity index (χ1n) is 6.58. The molecule has 3 nitrogen and oxygen atoms in total. The van der Waals surface area contributed by atoms with Gasteiger partial charge in [0.15, 0.2) is 0 Å². The molecule has 1 heterocycles. The maximum Gasteiger partial charge on any atom is 0.123 e. The minimum Gasteiger partial charge on any atom is -0.496 e. The van der Waals surface area contributed by atoms with E-state index in [9.17, 15) is 0 Å². The molecule has 0 aliphatic heterocycles. The van der Waals surface area contributed by atoms with Gasteiger partial charge >= 0.3 is 0 Å². The van der Waals surface area contributed by atoms with E-state index in [2.05, 4.69) is 24.4 Å². The molecule has 1 aromatic heterocycles. The Kier molecular flexibility index (Phi) is 4.63. The zero-order chi connectivity index (χ0) is 13.7. The van der Waals surface area contributed by atoms with Crippen LogP contribution in [0.1, 0.15) is 29.3 Å². The van der Waals surface area contributed by atoms with Crippen LogP contribution in [0.5, 0.6) is 5.75 Å². The van der Waals surface area contributed by atoms with Crippen molar-refractivity contribution < 1.29 is 9.15 Å². The molecule has 0 saturated heterocycles. The Balaban J connectivity index is 2.14. The average Bonchev–Trinajstić information content (AvgIpc) is 2.93. The molecule has 2 rings (SSSR count). The Morgan fingerprint density at radius 2 is 2.16 bits per heavy atom. The number of methoxy groups -OCH3 is 1. The Morgan fingerprint density at radius 1 is 1.32 bits per heavy atom. The van der Waals surface area contributed by atoms with E-state index < -0.39 is 0 Å². The quantitative estimate of drug-likeness (QED) is 0.862. The SMILES string of the molecule is CNC(CCc1ccco1)c1cc(C)ccc1OC. The van der Waals surface area contributed by atoms with Crippen molar-refractivity contribution in [2.75, 3.05) is 14.2 Å². The minimum absolute atomic E-state index is 0.264. The molecule has 19 heavy (non-hydrogen) atoms. The number of hydrogen-bond acceptors (Lipinski definition) is 3. The van der Waals surface area contributed by atoms with Crippen molar-refractivity contribution in [3.63, 3.8) is 0 Å². The fraction of sp³-hybridized carbons (Fsp3) is 0.375. The van der Waals surface area contributed by atoms with Gasteiger partial charge in [-0.2, -0.15) is 0 Å². The third kappa shape index (κ3) is 3.38. The molecule has 0 aliphatic rings. The zero-order valence-corrected chi connectivity index (χ0v) is 11.8. The van der Waals surface area contributed by atoms with Crippen LogP contribution in [-0.2, 0) is 6.42 Å². The maximum atomic E-state index is 5.46. The fourth-order valence-electron chi connectivity index (χ4n) is 2.32. The van der Waals surface area contributed by atoms with Gasteiger partial charge in [0.05, 0.1) is 13.4 Å². The number of ether oxygens (including phenoxy) is 1. The van der Waals surface area contributed by atoms with Crippen LogP contribution in [0.25, 0.3) is 0 Å². The van der Waals surface area contributed by atoms with Crippen molar-refractivity contribution in [2.24, 2.45) is 0 Å². The highest BCUT2D eigenvalue weighted by molar-refractivity contribution is 5.39. The molecular formula is C16H21NO2. The van der Waals surface area contributed by atoms with E-state index >= 15 is 0 Å². The van der Waals surface area contributed by atoms with E-state index in [1.165, 1.54) is 11.1 Å². The van der Waals surface area contributed by atoms with Crippen LogP contribution in [0.3, 0.4) is 0 Å². The number of aryl methyl sites for hydroxylation is 2. The minimum atomic E-state index is 0.264. The van der Waals surface area contributed by atoms with Crippen LogP contribution in [0.15, 0.2) is 41.0 Å². The summed E-state index contributed by atoms with van der Waals surface area (Å²) in [5.41, 5.74) is 2.45. The highest BCUT2D eigenvalue weighted by Crippen LogP contribution is 2.29. The van der Waals surface area contributed by atoms with Crippen molar-refractivity contribution in [3.8, 4) is 5.75 Å². The Morgan fingerprint density at radius 3 is 2.79 bits per heavy atom. The van der Waals surface area contributed by atoms with Crippen LogP contribution in [0.2, 0.25) is 0 Å². The number of nitrogens with one attached hydrogen (secondary N) is 1. The van der Waals surface area contributed by atoms with E-state index in [1.807, 2.05) is 25.2 Å². The summed E-state index contributed by atoms with van der Waals surface area (Å²) in [6.07, 6.45) is 3.61. The lowest BCUT2D eigenvalue weighted by Crippen LogP contribution is -2.18. The van der Waals surface area contributed by atoms with E-state index in [4.69, 9.17) is 9.15 Å². The van der Waals surface area contributed by atoms with Crippen molar-refractivity contribution in [1.82, 2.24) is 5.32 Å². The van der Waals surface area contributed by atoms with E-state index in [0.29, 0.717) is 0 Å². The molecular weight excluding hydrogens is 238 g/mol. The topological polar surface area (TPSA) is 34.4 Å². The predicted molar refractivity (Wildman–Crippen MR) is 76.6 cm³/mol. The normalized spacial score (nSPS) is 12.4. The van der Waals surface area contributed by atoms with Crippen LogP contribution in [0, 0.1) is 6.92 Å². The van der Waals surface area contributed by atoms with Gasteiger partial charge in [0.25, 0.3) is 0 Å². The summed E-state index contributed by atoms with van der Waals surface area (Å²) in [6.45, 7) is 2.10. The van der Waals surface area contributed by atoms with Gasteiger partial charge in [-0.15, -0.1) is 0 Å². The van der Waals surface area contributed by atoms with Gasteiger partial charge in [0.1, 0.15) is 11.5 Å². The lowest BCUT2D eigenvalue weighted by atomic mass is 9.98. The largest absolute Gasteiger partial charge is 0.496 e. The number of hydrogen-bond donors (Lipinski definition) is 1. The zero-order valence-electron chi connectivity index (χ0n) is 11.8. The average molecular weight is 259 g/mol. The third-order valence-electron chi connectivity index (χ3n) is 3.37. The Labute approximate surface area is 114 Å². The first-order chi connectivity index (χ1) is 9.24. The first-order valence-corrected chi connectivity index (χ1v) is 6.58. The van der Waals surface area contributed by atoms with Gasteiger partial charge < -0.3 is 14.5 Å². The number of furan rings is 1. The molecule has 1 unspecified atom stereocenters. The second-order valence-electron chi connectivity index (χ2n) is 4.70. The molecule has 2 aromatic rings. The van der Waals surface area contributed by atoms with Gasteiger partial charge in [0.2, 0.25) is 0 Å². The van der Waals surface area contributed by atoms with Crippen LogP contribution < -0.4 is 10.1 Å². The molecule has 3 heteroatoms. The maximum absolute atomic E-state index is 5.46. The van der Waals surface area contributed by atoms with Gasteiger partial charge in [-0.3, -0.25) is 0 Å². The molecule has 1 N–H and O–H groups in total. The first kappa shape index (κ1) is 13.7. The van der Waals surface area contributed by atoms with Crippen molar-refractivity contribution in [3.05, 3.63) is 53.5 Å². The van der Waals surface area contributed by atoms with Crippen LogP contribution >= 0.6 is 0 Å². The summed E-state index contributed by atoms with van der Waals surface area (Å²) in [5, 5.41) is 3.36. The van der Waals surface area contributed by atoms with Crippen molar-refractivity contribution in [1.29, 1.82) is 0 Å². The van der Waals surface area contributed by atoms with Crippen LogP contribution in [-0.4, -0.2) is 14.2 Å². The van der Waals surface area contributed by atoms with Gasteiger partial charge in [0, 0.05) is 18.0 Å². The Hall–Kier alpha value is -1.74. The van der Waals surface area contributed by atoms with E-state index in [1.54, 1.807) is 13.4 Å².